The van der Waals surface area contributed by atoms with Gasteiger partial charge in [0.05, 0.1) is 6.04 Å². The van der Waals surface area contributed by atoms with Crippen LogP contribution in [0.3, 0.4) is 0 Å². The van der Waals surface area contributed by atoms with Crippen LogP contribution in [-0.2, 0) is 16.1 Å². The maximum atomic E-state index is 12.5. The monoisotopic (exact) mass is 389 g/mol. The highest BCUT2D eigenvalue weighted by molar-refractivity contribution is 5.94. The van der Waals surface area contributed by atoms with Crippen LogP contribution >= 0.6 is 0 Å². The number of ether oxygens (including phenoxy) is 2. The Morgan fingerprint density at radius 3 is 2.21 bits per heavy atom. The third-order valence-electron chi connectivity index (χ3n) is 4.36. The first-order valence-corrected chi connectivity index (χ1v) is 9.40. The van der Waals surface area contributed by atoms with E-state index in [0.717, 1.165) is 11.1 Å². The summed E-state index contributed by atoms with van der Waals surface area (Å²) in [4.78, 5) is 24.6. The molecule has 0 aromatic heterocycles. The van der Waals surface area contributed by atoms with Crippen LogP contribution in [0.4, 0.5) is 0 Å². The Morgan fingerprint density at radius 2 is 1.48 bits per heavy atom. The molecule has 0 aliphatic carbocycles. The zero-order chi connectivity index (χ0) is 20.5. The second-order valence-corrected chi connectivity index (χ2v) is 6.55. The topological polar surface area (TPSA) is 64.6 Å². The minimum atomic E-state index is -0.601. The molecule has 1 N–H and O–H groups in total. The van der Waals surface area contributed by atoms with E-state index >= 15 is 0 Å². The van der Waals surface area contributed by atoms with Gasteiger partial charge in [-0.05, 0) is 30.2 Å². The summed E-state index contributed by atoms with van der Waals surface area (Å²) in [5.74, 6) is -0.548. The maximum absolute atomic E-state index is 12.5. The first kappa shape index (κ1) is 20.1. The SMILES string of the molecule is C[C@H](NC(=O)COC(=O)c1ccccc1OCc1ccccc1)c1ccccc1. The lowest BCUT2D eigenvalue weighted by atomic mass is 10.1. The van der Waals surface area contributed by atoms with Gasteiger partial charge in [-0.1, -0.05) is 72.8 Å². The average molecular weight is 389 g/mol. The molecule has 3 aromatic rings. The van der Waals surface area contributed by atoms with Crippen molar-refractivity contribution < 1.29 is 19.1 Å². The summed E-state index contributed by atoms with van der Waals surface area (Å²) >= 11 is 0. The first-order chi connectivity index (χ1) is 14.1. The maximum Gasteiger partial charge on any atom is 0.342 e. The molecule has 3 rings (SSSR count). The van der Waals surface area contributed by atoms with Gasteiger partial charge in [-0.2, -0.15) is 0 Å². The number of carbonyl (C=O) groups is 2. The third kappa shape index (κ3) is 5.94. The zero-order valence-electron chi connectivity index (χ0n) is 16.2. The van der Waals surface area contributed by atoms with Gasteiger partial charge in [-0.3, -0.25) is 4.79 Å². The van der Waals surface area contributed by atoms with Crippen molar-refractivity contribution >= 4 is 11.9 Å². The van der Waals surface area contributed by atoms with E-state index in [-0.39, 0.29) is 24.1 Å². The van der Waals surface area contributed by atoms with Gasteiger partial charge in [0, 0.05) is 0 Å². The van der Waals surface area contributed by atoms with Crippen LogP contribution in [0.15, 0.2) is 84.9 Å². The number of para-hydroxylation sites is 1. The molecule has 29 heavy (non-hydrogen) atoms. The lowest BCUT2D eigenvalue weighted by molar-refractivity contribution is -0.124. The number of carbonyl (C=O) groups excluding carboxylic acids is 2. The van der Waals surface area contributed by atoms with Crippen molar-refractivity contribution in [1.29, 1.82) is 0 Å². The lowest BCUT2D eigenvalue weighted by Crippen LogP contribution is -2.31. The molecule has 0 saturated heterocycles. The average Bonchev–Trinajstić information content (AvgIpc) is 2.77. The highest BCUT2D eigenvalue weighted by Crippen LogP contribution is 2.20. The van der Waals surface area contributed by atoms with Crippen LogP contribution in [0.5, 0.6) is 5.75 Å². The Labute approximate surface area is 170 Å². The molecule has 0 saturated carbocycles. The molecule has 0 radical (unpaired) electrons. The molecule has 0 aliphatic rings. The highest BCUT2D eigenvalue weighted by Gasteiger charge is 2.16. The molecule has 0 heterocycles. The second-order valence-electron chi connectivity index (χ2n) is 6.55. The van der Waals surface area contributed by atoms with E-state index in [1.807, 2.05) is 67.6 Å². The molecule has 0 fully saturated rings. The molecule has 1 amide bonds. The molecular weight excluding hydrogens is 366 g/mol. The van der Waals surface area contributed by atoms with Crippen LogP contribution in [-0.4, -0.2) is 18.5 Å². The summed E-state index contributed by atoms with van der Waals surface area (Å²) in [6.07, 6.45) is 0. The van der Waals surface area contributed by atoms with Crippen LogP contribution in [0.1, 0.15) is 34.5 Å². The van der Waals surface area contributed by atoms with E-state index in [9.17, 15) is 9.59 Å². The van der Waals surface area contributed by atoms with Gasteiger partial charge in [0.1, 0.15) is 17.9 Å². The summed E-state index contributed by atoms with van der Waals surface area (Å²) in [6, 6.07) is 25.9. The molecule has 0 bridgehead atoms. The number of rotatable bonds is 8. The molecule has 0 aliphatic heterocycles. The van der Waals surface area contributed by atoms with Crippen molar-refractivity contribution in [3.63, 3.8) is 0 Å². The van der Waals surface area contributed by atoms with E-state index in [4.69, 9.17) is 9.47 Å². The van der Waals surface area contributed by atoms with E-state index in [2.05, 4.69) is 5.32 Å². The smallest absolute Gasteiger partial charge is 0.342 e. The fraction of sp³-hybridized carbons (Fsp3) is 0.167. The normalized spacial score (nSPS) is 11.3. The molecule has 0 unspecified atom stereocenters. The molecule has 5 nitrogen and oxygen atoms in total. The summed E-state index contributed by atoms with van der Waals surface area (Å²) in [5.41, 5.74) is 2.25. The first-order valence-electron chi connectivity index (χ1n) is 9.40. The molecule has 5 heteroatoms. The Balaban J connectivity index is 1.54. The van der Waals surface area contributed by atoms with Gasteiger partial charge in [0.2, 0.25) is 0 Å². The number of nitrogens with one attached hydrogen (secondary N) is 1. The lowest BCUT2D eigenvalue weighted by Gasteiger charge is -2.15. The van der Waals surface area contributed by atoms with Gasteiger partial charge in [-0.15, -0.1) is 0 Å². The van der Waals surface area contributed by atoms with Crippen LogP contribution in [0, 0.1) is 0 Å². The van der Waals surface area contributed by atoms with Crippen molar-refractivity contribution in [1.82, 2.24) is 5.32 Å². The number of esters is 1. The highest BCUT2D eigenvalue weighted by atomic mass is 16.5. The third-order valence-corrected chi connectivity index (χ3v) is 4.36. The van der Waals surface area contributed by atoms with Crippen molar-refractivity contribution in [2.75, 3.05) is 6.61 Å². The van der Waals surface area contributed by atoms with Gasteiger partial charge < -0.3 is 14.8 Å². The van der Waals surface area contributed by atoms with Crippen molar-refractivity contribution in [2.24, 2.45) is 0 Å². The van der Waals surface area contributed by atoms with Crippen LogP contribution in [0.2, 0.25) is 0 Å². The summed E-state index contributed by atoms with van der Waals surface area (Å²) in [5, 5.41) is 2.82. The van der Waals surface area contributed by atoms with Gasteiger partial charge in [0.25, 0.3) is 5.91 Å². The predicted octanol–water partition coefficient (Wildman–Crippen LogP) is 4.30. The minimum Gasteiger partial charge on any atom is -0.488 e. The molecule has 0 spiro atoms. The molecule has 3 aromatic carbocycles. The second kappa shape index (κ2) is 10.1. The van der Waals surface area contributed by atoms with E-state index in [0.29, 0.717) is 12.4 Å². The molecule has 1 atom stereocenters. The van der Waals surface area contributed by atoms with Crippen molar-refractivity contribution in [3.8, 4) is 5.75 Å². The number of hydrogen-bond donors (Lipinski definition) is 1. The van der Waals surface area contributed by atoms with E-state index in [1.165, 1.54) is 0 Å². The summed E-state index contributed by atoms with van der Waals surface area (Å²) in [6.45, 7) is 1.85. The standard InChI is InChI=1S/C24H23NO4/c1-18(20-12-6-3-7-13-20)25-23(26)17-29-24(27)21-14-8-9-15-22(21)28-16-19-10-4-2-5-11-19/h2-15,18H,16-17H2,1H3,(H,25,26)/t18-/m0/s1. The van der Waals surface area contributed by atoms with Crippen molar-refractivity contribution in [3.05, 3.63) is 102 Å². The van der Waals surface area contributed by atoms with E-state index in [1.54, 1.807) is 24.3 Å². The minimum absolute atomic E-state index is 0.177. The predicted molar refractivity (Wildman–Crippen MR) is 110 cm³/mol. The fourth-order valence-electron chi connectivity index (χ4n) is 2.81. The van der Waals surface area contributed by atoms with E-state index < -0.39 is 5.97 Å². The molecule has 148 valence electrons. The van der Waals surface area contributed by atoms with Gasteiger partial charge >= 0.3 is 5.97 Å². The Kier molecular flexibility index (Phi) is 7.00. The number of hydrogen-bond acceptors (Lipinski definition) is 4. The molecular formula is C24H23NO4. The fourth-order valence-corrected chi connectivity index (χ4v) is 2.81. The quantitative estimate of drug-likeness (QED) is 0.584. The summed E-state index contributed by atoms with van der Waals surface area (Å²) < 4.78 is 11.0. The largest absolute Gasteiger partial charge is 0.488 e. The Morgan fingerprint density at radius 1 is 0.862 bits per heavy atom. The van der Waals surface area contributed by atoms with Crippen molar-refractivity contribution in [2.45, 2.75) is 19.6 Å². The van der Waals surface area contributed by atoms with Crippen LogP contribution < -0.4 is 10.1 Å². The van der Waals surface area contributed by atoms with Gasteiger partial charge in [-0.25, -0.2) is 4.79 Å². The number of amides is 1. The van der Waals surface area contributed by atoms with Gasteiger partial charge in [0.15, 0.2) is 6.61 Å². The zero-order valence-corrected chi connectivity index (χ0v) is 16.2. The Hall–Kier alpha value is -3.60. The Bertz CT molecular complexity index is 941. The number of benzene rings is 3. The summed E-state index contributed by atoms with van der Waals surface area (Å²) in [7, 11) is 0. The van der Waals surface area contributed by atoms with Crippen LogP contribution in [0.25, 0.3) is 0 Å².